The lowest BCUT2D eigenvalue weighted by atomic mass is 9.88. The fraction of sp³-hybridized carbons (Fsp3) is 0.506. The molecular formula is C79H98B4N6O19P2Si2. The van der Waals surface area contributed by atoms with E-state index in [1.165, 1.54) is 20.8 Å². The van der Waals surface area contributed by atoms with E-state index >= 15 is 0 Å². The molecule has 4 saturated heterocycles. The van der Waals surface area contributed by atoms with Crippen molar-refractivity contribution in [3.8, 4) is 0 Å². The van der Waals surface area contributed by atoms with Gasteiger partial charge in [-0.25, -0.2) is 0 Å². The smallest absolute Gasteiger partial charge is 0.304 e. The maximum atomic E-state index is 13.3. The van der Waals surface area contributed by atoms with E-state index in [-0.39, 0.29) is 26.4 Å². The number of ether oxygens (including phenoxy) is 12. The molecule has 6 aromatic carbocycles. The van der Waals surface area contributed by atoms with Crippen LogP contribution in [0.4, 0.5) is 0 Å². The molecule has 0 aliphatic carbocycles. The van der Waals surface area contributed by atoms with Crippen molar-refractivity contribution in [2.75, 3.05) is 26.4 Å². The molecule has 588 valence electrons. The molecule has 0 bridgehead atoms. The summed E-state index contributed by atoms with van der Waals surface area (Å²) in [7, 11) is 14.7. The second kappa shape index (κ2) is 40.3. The average molecular weight is 1600 g/mol. The van der Waals surface area contributed by atoms with Gasteiger partial charge in [0.25, 0.3) is 16.6 Å². The van der Waals surface area contributed by atoms with Gasteiger partial charge in [-0.1, -0.05) is 270 Å². The van der Waals surface area contributed by atoms with Crippen LogP contribution in [-0.4, -0.2) is 196 Å². The van der Waals surface area contributed by atoms with Crippen LogP contribution in [0.5, 0.6) is 0 Å². The Hall–Kier alpha value is -6.62. The molecule has 10 rings (SSSR count). The van der Waals surface area contributed by atoms with Crippen molar-refractivity contribution < 1.29 is 89.1 Å². The molecule has 6 aromatic rings. The summed E-state index contributed by atoms with van der Waals surface area (Å²) >= 11 is 0. The van der Waals surface area contributed by atoms with E-state index in [2.05, 4.69) is 85.9 Å². The molecule has 4 fully saturated rings. The number of hydrogen-bond acceptors (Lipinski definition) is 21. The lowest BCUT2D eigenvalue weighted by molar-refractivity contribution is -0.367. The first-order valence-electron chi connectivity index (χ1n) is 37.4. The average Bonchev–Trinajstić information content (AvgIpc) is 0.750. The van der Waals surface area contributed by atoms with Gasteiger partial charge >= 0.3 is 17.9 Å². The molecule has 33 heteroatoms. The zero-order chi connectivity index (χ0) is 80.5. The Balaban J connectivity index is 1.10. The van der Waals surface area contributed by atoms with Crippen molar-refractivity contribution in [1.82, 2.24) is 0 Å². The second-order valence-electron chi connectivity index (χ2n) is 30.5. The van der Waals surface area contributed by atoms with Gasteiger partial charge in [0.2, 0.25) is 6.29 Å². The van der Waals surface area contributed by atoms with Gasteiger partial charge in [0.15, 0.2) is 18.9 Å². The number of hydrogen-bond donors (Lipinski definition) is 0. The number of benzene rings is 6. The topological polar surface area (TPSA) is 296 Å². The highest BCUT2D eigenvalue weighted by atomic mass is 31.1. The molecule has 0 saturated carbocycles. The van der Waals surface area contributed by atoms with Crippen molar-refractivity contribution in [1.29, 1.82) is 0 Å². The first-order chi connectivity index (χ1) is 53.6. The molecular weight excluding hydrogens is 1500 g/mol. The van der Waals surface area contributed by atoms with Crippen molar-refractivity contribution >= 4 is 101 Å². The fourth-order valence-electron chi connectivity index (χ4n) is 15.5. The maximum Gasteiger partial charge on any atom is 0.304 e. The summed E-state index contributed by atoms with van der Waals surface area (Å²) in [5.41, 5.74) is 22.9. The predicted octanol–water partition coefficient (Wildman–Crippen LogP) is 11.2. The highest BCUT2D eigenvalue weighted by molar-refractivity contribution is 7.98. The van der Waals surface area contributed by atoms with E-state index in [0.717, 1.165) is 31.9 Å². The zero-order valence-corrected chi connectivity index (χ0v) is 69.0. The summed E-state index contributed by atoms with van der Waals surface area (Å²) in [6.07, 6.45) is -19.4. The summed E-state index contributed by atoms with van der Waals surface area (Å²) in [6.45, 7) is 20.7. The van der Waals surface area contributed by atoms with Crippen LogP contribution in [0.1, 0.15) is 94.2 Å². The first-order valence-corrected chi connectivity index (χ1v) is 44.0. The zero-order valence-electron chi connectivity index (χ0n) is 65.3. The van der Waals surface area contributed by atoms with Crippen molar-refractivity contribution in [3.63, 3.8) is 0 Å². The number of carbonyl (C=O) groups excluding carboxylic acids is 3. The summed E-state index contributed by atoms with van der Waals surface area (Å²) < 4.78 is 110. The maximum absolute atomic E-state index is 13.3. The molecule has 4 heterocycles. The fourth-order valence-corrected chi connectivity index (χ4v) is 25.8. The predicted molar refractivity (Wildman–Crippen MR) is 431 cm³/mol. The minimum Gasteiger partial charge on any atom is -0.463 e. The van der Waals surface area contributed by atoms with Gasteiger partial charge < -0.3 is 74.7 Å². The third kappa shape index (κ3) is 21.3. The molecule has 0 aromatic heterocycles. The molecule has 8 unspecified atom stereocenters. The Morgan fingerprint density at radius 3 is 1.09 bits per heavy atom. The normalized spacial score (nSPS) is 28.4. The highest BCUT2D eigenvalue weighted by Crippen LogP contribution is 2.47. The first kappa shape index (κ1) is 87.8. The molecule has 4 aliphatic heterocycles. The Kier molecular flexibility index (Phi) is 31.6. The molecule has 0 amide bonds. The summed E-state index contributed by atoms with van der Waals surface area (Å²) in [4.78, 5) is 45.6. The third-order valence-electron chi connectivity index (χ3n) is 20.8. The Labute approximate surface area is 666 Å². The molecule has 0 N–H and O–H groups in total. The molecule has 4 aliphatic rings. The molecule has 25 nitrogen and oxygen atoms in total. The van der Waals surface area contributed by atoms with Crippen LogP contribution in [0, 0.1) is 17.8 Å². The van der Waals surface area contributed by atoms with Gasteiger partial charge in [0.1, 0.15) is 98.3 Å². The Morgan fingerprint density at radius 2 is 0.723 bits per heavy atom. The minimum atomic E-state index is -3.56. The number of esters is 3. The number of azide groups is 2. The number of carbonyl (C=O) groups is 3. The Morgan fingerprint density at radius 1 is 0.411 bits per heavy atom. The standard InChI is InChI=1S/C79H98B4N6O19P2Si2/c1-49-61(47-97-111(78(7,8)9,57-35-23-15-24-36-57)58-37-25-16-26-38-58)100-76(65(86-88-84)67(49)107-109(80)81)105-71-63(46-94-53(5)91)102-75(51(3)69(71)96-44-56-33-21-14-22-34-56)104-72-64(48-98-112(79(10,11)12,59-39-27-17-28-40-59)60-41-29-18-30-42-60)103-77(66(87-89-85)73(72)108-110(82)83)106-70-62(45-93-52(4)90)101-74(99-54(6)92)50(2)68(70)95-43-55-31-19-13-20-32-55/h13-42,49-51,61-77H,43-48H2,1-12H3/t49-,50?,51+,61?,62?,63?,64?,65?,66?,67+,68-,69?,70-,71-,72-,73-,74-,75+,76-,77-/m1/s1. The molecule has 112 heavy (non-hydrogen) atoms. The lowest BCUT2D eigenvalue weighted by Crippen LogP contribution is -2.69. The number of rotatable bonds is 33. The van der Waals surface area contributed by atoms with Crippen LogP contribution in [0.2, 0.25) is 10.1 Å². The lowest BCUT2D eigenvalue weighted by Gasteiger charge is -2.52. The van der Waals surface area contributed by atoms with E-state index in [4.69, 9.17) is 105 Å². The van der Waals surface area contributed by atoms with Gasteiger partial charge in [0.05, 0.1) is 50.8 Å². The SMILES string of the molecule is [B]P([B])O[C@@H]1C(N=[N+]=[N-])[C@@H](O[C@@H]2C(COC(C)=O)O[C@@H](O[C@@H]3C(CO[Si](c4ccccc4)(c4ccccc4)C(C)(C)C)O[C@H](O[C@@H]4C(COC(C)=O)O[C@@H](OC(C)=O)C(C)[C@H]4OCc4ccccc4)C(N=[N+]=[N-])[C@H]3OP([B])[B])[C@@H](C)C2OCc2ccccc2)OC(CO[Si](c2ccccc2)(c2ccccc2)C(C)(C)C)[C@H]1C. The van der Waals surface area contributed by atoms with E-state index < -0.39 is 196 Å². The van der Waals surface area contributed by atoms with Crippen LogP contribution >= 0.6 is 15.8 Å². The van der Waals surface area contributed by atoms with Crippen LogP contribution in [0.15, 0.2) is 192 Å². The minimum absolute atomic E-state index is 0.0196. The Bertz CT molecular complexity index is 3990. The van der Waals surface area contributed by atoms with E-state index in [9.17, 15) is 25.4 Å². The summed E-state index contributed by atoms with van der Waals surface area (Å²) in [5.74, 6) is -4.32. The number of nitrogens with zero attached hydrogens (tertiary/aromatic N) is 6. The van der Waals surface area contributed by atoms with Crippen LogP contribution in [0.25, 0.3) is 20.9 Å². The van der Waals surface area contributed by atoms with E-state index in [0.29, 0.717) is 0 Å². The largest absolute Gasteiger partial charge is 0.463 e. The van der Waals surface area contributed by atoms with E-state index in [1.54, 1.807) is 6.92 Å². The summed E-state index contributed by atoms with van der Waals surface area (Å²) in [6, 6.07) is 55.9. The highest BCUT2D eigenvalue weighted by Gasteiger charge is 2.60. The van der Waals surface area contributed by atoms with Gasteiger partial charge in [-0.05, 0) is 53.0 Å². The van der Waals surface area contributed by atoms with Crippen LogP contribution in [0.3, 0.4) is 0 Å². The van der Waals surface area contributed by atoms with Crippen molar-refractivity contribution in [2.45, 2.75) is 211 Å². The van der Waals surface area contributed by atoms with E-state index in [1.807, 2.05) is 172 Å². The quantitative estimate of drug-likeness (QED) is 0.00703. The van der Waals surface area contributed by atoms with Crippen molar-refractivity contribution in [2.24, 2.45) is 28.0 Å². The monoisotopic (exact) mass is 1600 g/mol. The third-order valence-corrected chi connectivity index (χ3v) is 31.8. The van der Waals surface area contributed by atoms with Crippen LogP contribution < -0.4 is 20.7 Å². The van der Waals surface area contributed by atoms with Crippen LogP contribution in [-0.2, 0) is 102 Å². The van der Waals surface area contributed by atoms with Gasteiger partial charge in [-0.2, -0.15) is 0 Å². The second-order valence-corrected chi connectivity index (χ2v) is 41.0. The summed E-state index contributed by atoms with van der Waals surface area (Å²) in [5, 5.41) is 11.5. The van der Waals surface area contributed by atoms with Gasteiger partial charge in [0, 0.05) is 48.3 Å². The van der Waals surface area contributed by atoms with Gasteiger partial charge in [-0.15, -0.1) is 0 Å². The molecule has 20 atom stereocenters. The molecule has 0 spiro atoms. The van der Waals surface area contributed by atoms with Crippen molar-refractivity contribution in [3.05, 3.63) is 214 Å². The molecule has 8 radical (unpaired) electrons. The van der Waals surface area contributed by atoms with Gasteiger partial charge in [-0.3, -0.25) is 14.4 Å².